The van der Waals surface area contributed by atoms with Gasteiger partial charge in [-0.1, -0.05) is 0 Å². The number of nitrogens with zero attached hydrogens (tertiary/aromatic N) is 6. The van der Waals surface area contributed by atoms with Crippen molar-refractivity contribution in [1.29, 1.82) is 0 Å². The van der Waals surface area contributed by atoms with Gasteiger partial charge in [0.1, 0.15) is 5.82 Å². The summed E-state index contributed by atoms with van der Waals surface area (Å²) in [7, 11) is 0. The molecule has 0 saturated carbocycles. The minimum Gasteiger partial charge on any atom is -0.337 e. The molecule has 0 bridgehead atoms. The van der Waals surface area contributed by atoms with Crippen LogP contribution < -0.4 is 4.90 Å². The molecule has 20 heavy (non-hydrogen) atoms. The lowest BCUT2D eigenvalue weighted by atomic mass is 10.3. The molecule has 1 aliphatic rings. The number of hydrogen-bond acceptors (Lipinski definition) is 6. The molecule has 1 saturated heterocycles. The molecular weight excluding hydrogens is 258 g/mol. The fourth-order valence-corrected chi connectivity index (χ4v) is 2.14. The van der Waals surface area contributed by atoms with E-state index in [0.717, 1.165) is 0 Å². The van der Waals surface area contributed by atoms with Gasteiger partial charge in [-0.25, -0.2) is 15.0 Å². The number of piperazine rings is 1. The minimum atomic E-state index is -0.136. The molecule has 0 aliphatic carbocycles. The van der Waals surface area contributed by atoms with Crippen molar-refractivity contribution in [3.05, 3.63) is 30.1 Å². The number of anilines is 1. The maximum atomic E-state index is 12.2. The Morgan fingerprint density at radius 2 is 1.90 bits per heavy atom. The van der Waals surface area contributed by atoms with Crippen molar-refractivity contribution in [2.24, 2.45) is 0 Å². The Morgan fingerprint density at radius 3 is 2.50 bits per heavy atom. The van der Waals surface area contributed by atoms with Crippen LogP contribution >= 0.6 is 0 Å². The molecule has 0 radical (unpaired) electrons. The Balaban J connectivity index is 1.63. The van der Waals surface area contributed by atoms with Gasteiger partial charge in [0.25, 0.3) is 5.91 Å². The van der Waals surface area contributed by atoms with Crippen molar-refractivity contribution in [3.63, 3.8) is 0 Å². The summed E-state index contributed by atoms with van der Waals surface area (Å²) in [6.45, 7) is 4.42. The molecule has 3 rings (SSSR count). The van der Waals surface area contributed by atoms with Crippen LogP contribution in [0.25, 0.3) is 0 Å². The van der Waals surface area contributed by atoms with Gasteiger partial charge in [0, 0.05) is 38.6 Å². The van der Waals surface area contributed by atoms with Crippen molar-refractivity contribution < 1.29 is 4.79 Å². The van der Waals surface area contributed by atoms with Crippen molar-refractivity contribution >= 4 is 11.9 Å². The van der Waals surface area contributed by atoms with E-state index >= 15 is 0 Å². The average molecular weight is 273 g/mol. The number of hydrogen-bond donors (Lipinski definition) is 1. The van der Waals surface area contributed by atoms with Crippen molar-refractivity contribution in [1.82, 2.24) is 30.0 Å². The Hall–Kier alpha value is -2.51. The molecule has 0 unspecified atom stereocenters. The third kappa shape index (κ3) is 2.44. The number of amides is 1. The molecule has 1 N–H and O–H groups in total. The lowest BCUT2D eigenvalue weighted by Gasteiger charge is -2.34. The molecule has 2 aromatic rings. The molecule has 0 atom stereocenters. The zero-order valence-corrected chi connectivity index (χ0v) is 11.2. The van der Waals surface area contributed by atoms with Crippen LogP contribution in [-0.2, 0) is 0 Å². The van der Waals surface area contributed by atoms with Crippen LogP contribution in [0.3, 0.4) is 0 Å². The fraction of sp³-hybridized carbons (Fsp3) is 0.417. The highest BCUT2D eigenvalue weighted by Gasteiger charge is 2.25. The normalized spacial score (nSPS) is 15.4. The molecule has 104 valence electrons. The van der Waals surface area contributed by atoms with Crippen LogP contribution in [-0.4, -0.2) is 62.1 Å². The van der Waals surface area contributed by atoms with Gasteiger partial charge in [-0.05, 0) is 13.0 Å². The van der Waals surface area contributed by atoms with E-state index in [1.807, 2.05) is 0 Å². The summed E-state index contributed by atoms with van der Waals surface area (Å²) < 4.78 is 0. The average Bonchev–Trinajstić information content (AvgIpc) is 2.94. The highest BCUT2D eigenvalue weighted by Crippen LogP contribution is 2.11. The van der Waals surface area contributed by atoms with Gasteiger partial charge >= 0.3 is 0 Å². The third-order valence-corrected chi connectivity index (χ3v) is 3.19. The Labute approximate surface area is 115 Å². The fourth-order valence-electron chi connectivity index (χ4n) is 2.14. The molecular formula is C12H15N7O. The lowest BCUT2D eigenvalue weighted by Crippen LogP contribution is -2.49. The summed E-state index contributed by atoms with van der Waals surface area (Å²) >= 11 is 0. The summed E-state index contributed by atoms with van der Waals surface area (Å²) in [5.41, 5.74) is 0. The highest BCUT2D eigenvalue weighted by molar-refractivity contribution is 5.90. The first-order valence-electron chi connectivity index (χ1n) is 6.44. The van der Waals surface area contributed by atoms with Gasteiger partial charge in [0.05, 0.1) is 0 Å². The maximum absolute atomic E-state index is 12.2. The topological polar surface area (TPSA) is 90.9 Å². The first-order valence-corrected chi connectivity index (χ1v) is 6.44. The lowest BCUT2D eigenvalue weighted by molar-refractivity contribution is 0.0734. The summed E-state index contributed by atoms with van der Waals surface area (Å²) in [5.74, 6) is 1.44. The van der Waals surface area contributed by atoms with Crippen molar-refractivity contribution in [3.8, 4) is 0 Å². The summed E-state index contributed by atoms with van der Waals surface area (Å²) in [4.78, 5) is 28.5. The molecule has 1 aliphatic heterocycles. The van der Waals surface area contributed by atoms with Gasteiger partial charge < -0.3 is 9.80 Å². The Morgan fingerprint density at radius 1 is 1.20 bits per heavy atom. The first kappa shape index (κ1) is 12.5. The van der Waals surface area contributed by atoms with E-state index in [4.69, 9.17) is 0 Å². The number of aromatic nitrogens is 5. The molecule has 3 heterocycles. The van der Waals surface area contributed by atoms with E-state index in [2.05, 4.69) is 30.0 Å². The van der Waals surface area contributed by atoms with E-state index in [0.29, 0.717) is 38.0 Å². The number of aromatic amines is 1. The summed E-state index contributed by atoms with van der Waals surface area (Å²) in [6.07, 6.45) is 3.44. The summed E-state index contributed by atoms with van der Waals surface area (Å²) in [6, 6.07) is 1.79. The van der Waals surface area contributed by atoms with Crippen molar-refractivity contribution in [2.75, 3.05) is 31.1 Å². The smallest absolute Gasteiger partial charge is 0.293 e. The maximum Gasteiger partial charge on any atom is 0.293 e. The van der Waals surface area contributed by atoms with Gasteiger partial charge in [-0.3, -0.25) is 9.89 Å². The zero-order chi connectivity index (χ0) is 13.9. The molecule has 0 spiro atoms. The molecule has 1 amide bonds. The van der Waals surface area contributed by atoms with Crippen LogP contribution in [0.2, 0.25) is 0 Å². The zero-order valence-electron chi connectivity index (χ0n) is 11.2. The molecule has 1 fully saturated rings. The number of carbonyl (C=O) groups is 1. The first-order chi connectivity index (χ1) is 9.74. The van der Waals surface area contributed by atoms with Crippen LogP contribution in [0.4, 0.5) is 5.95 Å². The number of H-pyrrole nitrogens is 1. The highest BCUT2D eigenvalue weighted by atomic mass is 16.2. The van der Waals surface area contributed by atoms with Gasteiger partial charge in [0.15, 0.2) is 0 Å². The predicted octanol–water partition coefficient (Wildman–Crippen LogP) is -0.134. The van der Waals surface area contributed by atoms with E-state index < -0.39 is 0 Å². The number of rotatable bonds is 2. The Kier molecular flexibility index (Phi) is 3.28. The largest absolute Gasteiger partial charge is 0.337 e. The van der Waals surface area contributed by atoms with E-state index in [1.165, 1.54) is 0 Å². The van der Waals surface area contributed by atoms with Gasteiger partial charge in [-0.2, -0.15) is 0 Å². The van der Waals surface area contributed by atoms with E-state index in [1.54, 1.807) is 30.3 Å². The van der Waals surface area contributed by atoms with Gasteiger partial charge in [-0.15, -0.1) is 5.10 Å². The van der Waals surface area contributed by atoms with Gasteiger partial charge in [0.2, 0.25) is 11.8 Å². The second kappa shape index (κ2) is 5.24. The van der Waals surface area contributed by atoms with Crippen LogP contribution in [0.1, 0.15) is 16.4 Å². The van der Waals surface area contributed by atoms with E-state index in [-0.39, 0.29) is 11.7 Å². The molecule has 8 heteroatoms. The van der Waals surface area contributed by atoms with Crippen LogP contribution in [0.5, 0.6) is 0 Å². The third-order valence-electron chi connectivity index (χ3n) is 3.19. The minimum absolute atomic E-state index is 0.136. The summed E-state index contributed by atoms with van der Waals surface area (Å²) in [5, 5.41) is 6.59. The van der Waals surface area contributed by atoms with Crippen LogP contribution in [0, 0.1) is 6.92 Å². The molecule has 2 aromatic heterocycles. The van der Waals surface area contributed by atoms with Crippen LogP contribution in [0.15, 0.2) is 18.5 Å². The quantitative estimate of drug-likeness (QED) is 0.819. The van der Waals surface area contributed by atoms with Crippen molar-refractivity contribution in [2.45, 2.75) is 6.92 Å². The Bertz CT molecular complexity index is 589. The monoisotopic (exact) mass is 273 g/mol. The second-order valence-electron chi connectivity index (χ2n) is 4.57. The molecule has 8 nitrogen and oxygen atoms in total. The number of aryl methyl sites for hydroxylation is 1. The SMILES string of the molecule is Cc1nc(C(=O)N2CCN(c3ncccn3)CC2)n[nH]1. The molecule has 0 aromatic carbocycles. The second-order valence-corrected chi connectivity index (χ2v) is 4.57. The van der Waals surface area contributed by atoms with E-state index in [9.17, 15) is 4.79 Å². The standard InChI is InChI=1S/C12H15N7O/c1-9-15-10(17-16-9)11(20)18-5-7-19(8-6-18)12-13-3-2-4-14-12/h2-4H,5-8H2,1H3,(H,15,16,17). The predicted molar refractivity (Wildman–Crippen MR) is 71.3 cm³/mol. The number of nitrogens with one attached hydrogen (secondary N) is 1. The number of carbonyl (C=O) groups excluding carboxylic acids is 1.